The van der Waals surface area contributed by atoms with Crippen LogP contribution < -0.4 is 4.74 Å². The summed E-state index contributed by atoms with van der Waals surface area (Å²) in [6.07, 6.45) is 1.06. The number of phenolic OH excluding ortho intramolecular Hbond substituents is 1. The van der Waals surface area contributed by atoms with Crippen LogP contribution in [0, 0.1) is 5.92 Å². The quantitative estimate of drug-likeness (QED) is 0.861. The third-order valence-electron chi connectivity index (χ3n) is 2.76. The van der Waals surface area contributed by atoms with Crippen LogP contribution in [0.3, 0.4) is 0 Å². The fourth-order valence-electron chi connectivity index (χ4n) is 1.71. The van der Waals surface area contributed by atoms with Gasteiger partial charge in [-0.15, -0.1) is 0 Å². The number of rotatable bonds is 4. The zero-order valence-corrected chi connectivity index (χ0v) is 10.3. The van der Waals surface area contributed by atoms with Crippen LogP contribution in [-0.4, -0.2) is 11.7 Å². The zero-order valence-electron chi connectivity index (χ0n) is 10.3. The van der Waals surface area contributed by atoms with Gasteiger partial charge < -0.3 is 9.84 Å². The van der Waals surface area contributed by atoms with Crippen LogP contribution in [-0.2, 0) is 0 Å². The number of aromatic hydroxyl groups is 1. The molecule has 0 bridgehead atoms. The first-order valence-corrected chi connectivity index (χ1v) is 6.01. The fraction of sp³-hybridized carbons (Fsp3) is 0.333. The van der Waals surface area contributed by atoms with Crippen molar-refractivity contribution < 1.29 is 9.84 Å². The van der Waals surface area contributed by atoms with E-state index in [-0.39, 0.29) is 0 Å². The van der Waals surface area contributed by atoms with Gasteiger partial charge in [-0.25, -0.2) is 0 Å². The van der Waals surface area contributed by atoms with Gasteiger partial charge in [-0.3, -0.25) is 0 Å². The molecule has 0 aliphatic heterocycles. The molecule has 2 aromatic rings. The Morgan fingerprint density at radius 3 is 2.53 bits per heavy atom. The monoisotopic (exact) mass is 230 g/mol. The van der Waals surface area contributed by atoms with E-state index >= 15 is 0 Å². The predicted octanol–water partition coefficient (Wildman–Crippen LogP) is 3.97. The van der Waals surface area contributed by atoms with Gasteiger partial charge in [0.15, 0.2) is 0 Å². The molecule has 2 rings (SSSR count). The standard InChI is InChI=1S/C15H18O2/c1-11(2)7-8-17-15-6-4-12-9-14(16)5-3-13(12)10-15/h3-6,9-11,16H,7-8H2,1-2H3. The SMILES string of the molecule is CC(C)CCOc1ccc2cc(O)ccc2c1. The maximum absolute atomic E-state index is 9.37. The Hall–Kier alpha value is -1.70. The molecule has 90 valence electrons. The molecule has 0 spiro atoms. The molecule has 0 atom stereocenters. The lowest BCUT2D eigenvalue weighted by Gasteiger charge is -2.09. The highest BCUT2D eigenvalue weighted by atomic mass is 16.5. The summed E-state index contributed by atoms with van der Waals surface area (Å²) in [5.74, 6) is 1.85. The van der Waals surface area contributed by atoms with Crippen molar-refractivity contribution in [3.05, 3.63) is 36.4 Å². The van der Waals surface area contributed by atoms with Crippen LogP contribution in [0.25, 0.3) is 10.8 Å². The first kappa shape index (κ1) is 11.8. The number of fused-ring (bicyclic) bond motifs is 1. The average Bonchev–Trinajstić information content (AvgIpc) is 2.29. The summed E-state index contributed by atoms with van der Waals surface area (Å²) in [6.45, 7) is 5.13. The molecule has 17 heavy (non-hydrogen) atoms. The van der Waals surface area contributed by atoms with Crippen molar-refractivity contribution in [2.24, 2.45) is 5.92 Å². The van der Waals surface area contributed by atoms with Crippen LogP contribution in [0.15, 0.2) is 36.4 Å². The summed E-state index contributed by atoms with van der Waals surface area (Å²) in [5, 5.41) is 11.5. The van der Waals surface area contributed by atoms with E-state index in [2.05, 4.69) is 13.8 Å². The number of hydrogen-bond donors (Lipinski definition) is 1. The maximum Gasteiger partial charge on any atom is 0.119 e. The summed E-state index contributed by atoms with van der Waals surface area (Å²) in [4.78, 5) is 0. The molecule has 1 N–H and O–H groups in total. The second-order valence-corrected chi connectivity index (χ2v) is 4.72. The maximum atomic E-state index is 9.37. The second-order valence-electron chi connectivity index (χ2n) is 4.72. The molecule has 0 amide bonds. The predicted molar refractivity (Wildman–Crippen MR) is 70.6 cm³/mol. The van der Waals surface area contributed by atoms with Crippen molar-refractivity contribution in [2.75, 3.05) is 6.61 Å². The van der Waals surface area contributed by atoms with Gasteiger partial charge >= 0.3 is 0 Å². The first-order valence-electron chi connectivity index (χ1n) is 6.01. The minimum Gasteiger partial charge on any atom is -0.508 e. The normalized spacial score (nSPS) is 11.0. The lowest BCUT2D eigenvalue weighted by molar-refractivity contribution is 0.290. The highest BCUT2D eigenvalue weighted by Gasteiger charge is 2.00. The Morgan fingerprint density at radius 1 is 1.06 bits per heavy atom. The molecule has 2 aromatic carbocycles. The van der Waals surface area contributed by atoms with Gasteiger partial charge in [-0.1, -0.05) is 26.0 Å². The molecular weight excluding hydrogens is 212 g/mol. The first-order chi connectivity index (χ1) is 8.15. The average molecular weight is 230 g/mol. The van der Waals surface area contributed by atoms with E-state index in [0.717, 1.165) is 29.5 Å². The Labute approximate surface area is 102 Å². The summed E-state index contributed by atoms with van der Waals surface area (Å²) in [5.41, 5.74) is 0. The van der Waals surface area contributed by atoms with Crippen molar-refractivity contribution in [3.8, 4) is 11.5 Å². The van der Waals surface area contributed by atoms with Gasteiger partial charge in [-0.2, -0.15) is 0 Å². The zero-order chi connectivity index (χ0) is 12.3. The van der Waals surface area contributed by atoms with E-state index in [1.54, 1.807) is 12.1 Å². The molecule has 2 heteroatoms. The molecule has 0 aromatic heterocycles. The second kappa shape index (κ2) is 5.09. The van der Waals surface area contributed by atoms with Crippen LogP contribution in [0.5, 0.6) is 11.5 Å². The molecule has 0 aliphatic rings. The Morgan fingerprint density at radius 2 is 1.76 bits per heavy atom. The van der Waals surface area contributed by atoms with Gasteiger partial charge in [0, 0.05) is 0 Å². The van der Waals surface area contributed by atoms with Crippen LogP contribution >= 0.6 is 0 Å². The van der Waals surface area contributed by atoms with Gasteiger partial charge in [0.1, 0.15) is 11.5 Å². The van der Waals surface area contributed by atoms with E-state index in [9.17, 15) is 5.11 Å². The van der Waals surface area contributed by atoms with Crippen molar-refractivity contribution in [1.82, 2.24) is 0 Å². The van der Waals surface area contributed by atoms with Crippen LogP contribution in [0.2, 0.25) is 0 Å². The third kappa shape index (κ3) is 3.13. The number of benzene rings is 2. The molecule has 0 aliphatic carbocycles. The van der Waals surface area contributed by atoms with Gasteiger partial charge in [0.2, 0.25) is 0 Å². The number of ether oxygens (including phenoxy) is 1. The topological polar surface area (TPSA) is 29.5 Å². The lowest BCUT2D eigenvalue weighted by atomic mass is 10.1. The van der Waals surface area contributed by atoms with Crippen LogP contribution in [0.4, 0.5) is 0 Å². The number of hydrogen-bond acceptors (Lipinski definition) is 2. The van der Waals surface area contributed by atoms with Crippen molar-refractivity contribution in [3.63, 3.8) is 0 Å². The Bertz CT molecular complexity index is 503. The third-order valence-corrected chi connectivity index (χ3v) is 2.76. The summed E-state index contributed by atoms with van der Waals surface area (Å²) in [6, 6.07) is 11.3. The summed E-state index contributed by atoms with van der Waals surface area (Å²) in [7, 11) is 0. The van der Waals surface area contributed by atoms with E-state index in [1.165, 1.54) is 0 Å². The van der Waals surface area contributed by atoms with E-state index in [4.69, 9.17) is 4.74 Å². The summed E-state index contributed by atoms with van der Waals surface area (Å²) >= 11 is 0. The molecular formula is C15H18O2. The van der Waals surface area contributed by atoms with Gasteiger partial charge in [0.25, 0.3) is 0 Å². The van der Waals surface area contributed by atoms with E-state index < -0.39 is 0 Å². The molecule has 0 fully saturated rings. The van der Waals surface area contributed by atoms with Crippen LogP contribution in [0.1, 0.15) is 20.3 Å². The molecule has 0 saturated carbocycles. The minimum absolute atomic E-state index is 0.297. The minimum atomic E-state index is 0.297. The highest BCUT2D eigenvalue weighted by molar-refractivity contribution is 5.85. The molecule has 0 heterocycles. The van der Waals surface area contributed by atoms with Crippen molar-refractivity contribution in [2.45, 2.75) is 20.3 Å². The molecule has 2 nitrogen and oxygen atoms in total. The Kier molecular flexibility index (Phi) is 3.52. The lowest BCUT2D eigenvalue weighted by Crippen LogP contribution is -2.01. The van der Waals surface area contributed by atoms with Crippen molar-refractivity contribution in [1.29, 1.82) is 0 Å². The molecule has 0 saturated heterocycles. The number of phenols is 1. The van der Waals surface area contributed by atoms with E-state index in [1.807, 2.05) is 24.3 Å². The summed E-state index contributed by atoms with van der Waals surface area (Å²) < 4.78 is 5.69. The van der Waals surface area contributed by atoms with E-state index in [0.29, 0.717) is 11.7 Å². The largest absolute Gasteiger partial charge is 0.508 e. The molecule has 0 unspecified atom stereocenters. The molecule has 0 radical (unpaired) electrons. The van der Waals surface area contributed by atoms with Crippen molar-refractivity contribution >= 4 is 10.8 Å². The smallest absolute Gasteiger partial charge is 0.119 e. The van der Waals surface area contributed by atoms with Gasteiger partial charge in [0.05, 0.1) is 6.61 Å². The van der Waals surface area contributed by atoms with Gasteiger partial charge in [-0.05, 0) is 47.4 Å². The Balaban J connectivity index is 2.12. The fourth-order valence-corrected chi connectivity index (χ4v) is 1.71. The highest BCUT2D eigenvalue weighted by Crippen LogP contribution is 2.24.